The Balaban J connectivity index is 1.51. The van der Waals surface area contributed by atoms with Gasteiger partial charge in [0.1, 0.15) is 73.2 Å². The third-order valence-electron chi connectivity index (χ3n) is 15.1. The van der Waals surface area contributed by atoms with E-state index in [-0.39, 0.29) is 18.9 Å². The average molecular weight is 1130 g/mol. The molecule has 3 aliphatic rings. The molecule has 3 saturated heterocycles. The molecule has 12 N–H and O–H groups in total. The predicted molar refractivity (Wildman–Crippen MR) is 300 cm³/mol. The minimum absolute atomic E-state index is 0.218. The molecule has 79 heavy (non-hydrogen) atoms. The summed E-state index contributed by atoms with van der Waals surface area (Å²) in [6.45, 7) is 1.62. The van der Waals surface area contributed by atoms with Gasteiger partial charge in [0, 0.05) is 6.42 Å². The van der Waals surface area contributed by atoms with Crippen LogP contribution in [0.25, 0.3) is 0 Å². The van der Waals surface area contributed by atoms with Gasteiger partial charge in [-0.2, -0.15) is 0 Å². The molecule has 19 heteroatoms. The molecule has 3 fully saturated rings. The van der Waals surface area contributed by atoms with Crippen LogP contribution in [0.2, 0.25) is 0 Å². The topological polar surface area (TPSA) is 307 Å². The van der Waals surface area contributed by atoms with Gasteiger partial charge in [0.2, 0.25) is 5.91 Å². The standard InChI is InChI=1S/C60H107NO18/c1-3-5-7-9-11-13-15-17-18-19-20-21-22-23-24-26-27-29-31-33-35-37-44(65)43(61-48(66)38-36-34-32-30-28-25-16-14-12-10-8-6-4-2)42-74-58-54(72)51(69)56(46(40-63)76-58)79-60-55(73)52(70)57(47(41-64)77-60)78-59-53(71)50(68)49(67)45(39-62)75-59/h8,10,14,16,27,29,35,37,43-47,49-60,62-65,67-73H,3-7,9,11-13,15,17-26,28,30-34,36,38-42H2,1-2H3,(H,61,66)/b10-8-,16-14-,29-27+,37-35+. The second-order valence-electron chi connectivity index (χ2n) is 21.8. The van der Waals surface area contributed by atoms with Crippen molar-refractivity contribution >= 4 is 5.91 Å². The van der Waals surface area contributed by atoms with Crippen molar-refractivity contribution in [3.05, 3.63) is 48.6 Å². The van der Waals surface area contributed by atoms with E-state index in [1.54, 1.807) is 6.08 Å². The van der Waals surface area contributed by atoms with Crippen LogP contribution < -0.4 is 5.32 Å². The molecule has 17 unspecified atom stereocenters. The van der Waals surface area contributed by atoms with Crippen LogP contribution in [-0.4, -0.2) is 193 Å². The van der Waals surface area contributed by atoms with Crippen molar-refractivity contribution in [2.24, 2.45) is 0 Å². The zero-order valence-corrected chi connectivity index (χ0v) is 47.8. The number of ether oxygens (including phenoxy) is 6. The zero-order chi connectivity index (χ0) is 57.6. The number of carbonyl (C=O) groups is 1. The van der Waals surface area contributed by atoms with E-state index in [1.165, 1.54) is 89.9 Å². The highest BCUT2D eigenvalue weighted by Gasteiger charge is 2.53. The molecular weight excluding hydrogens is 1020 g/mol. The van der Waals surface area contributed by atoms with Gasteiger partial charge in [0.15, 0.2) is 18.9 Å². The largest absolute Gasteiger partial charge is 0.394 e. The van der Waals surface area contributed by atoms with Gasteiger partial charge in [-0.3, -0.25) is 4.79 Å². The molecule has 3 aliphatic heterocycles. The molecule has 0 bridgehead atoms. The van der Waals surface area contributed by atoms with Crippen molar-refractivity contribution in [1.29, 1.82) is 0 Å². The third kappa shape index (κ3) is 27.3. The first kappa shape index (κ1) is 71.0. The molecule has 19 nitrogen and oxygen atoms in total. The van der Waals surface area contributed by atoms with Crippen LogP contribution in [0.15, 0.2) is 48.6 Å². The average Bonchev–Trinajstić information content (AvgIpc) is 3.55. The minimum Gasteiger partial charge on any atom is -0.394 e. The van der Waals surface area contributed by atoms with Gasteiger partial charge in [-0.15, -0.1) is 0 Å². The first-order chi connectivity index (χ1) is 38.3. The van der Waals surface area contributed by atoms with Crippen molar-refractivity contribution in [2.45, 2.75) is 298 Å². The summed E-state index contributed by atoms with van der Waals surface area (Å²) in [6.07, 6.45) is 21.0. The number of nitrogens with one attached hydrogen (secondary N) is 1. The summed E-state index contributed by atoms with van der Waals surface area (Å²) in [7, 11) is 0. The predicted octanol–water partition coefficient (Wildman–Crippen LogP) is 5.48. The first-order valence-corrected chi connectivity index (χ1v) is 30.4. The monoisotopic (exact) mass is 1130 g/mol. The van der Waals surface area contributed by atoms with E-state index in [4.69, 9.17) is 28.4 Å². The number of rotatable bonds is 44. The Labute approximate surface area is 472 Å². The lowest BCUT2D eigenvalue weighted by molar-refractivity contribution is -0.379. The van der Waals surface area contributed by atoms with Crippen molar-refractivity contribution < 1.29 is 89.4 Å². The number of aliphatic hydroxyl groups excluding tert-OH is 11. The molecule has 17 atom stereocenters. The first-order valence-electron chi connectivity index (χ1n) is 30.4. The van der Waals surface area contributed by atoms with E-state index in [0.29, 0.717) is 12.8 Å². The molecule has 3 rings (SSSR count). The minimum atomic E-state index is -1.98. The zero-order valence-electron chi connectivity index (χ0n) is 47.8. The fraction of sp³-hybridized carbons (Fsp3) is 0.850. The van der Waals surface area contributed by atoms with E-state index in [2.05, 4.69) is 55.6 Å². The number of aliphatic hydroxyl groups is 11. The quantitative estimate of drug-likeness (QED) is 0.0265. The Morgan fingerprint density at radius 3 is 1.39 bits per heavy atom. The number of hydrogen-bond acceptors (Lipinski definition) is 18. The lowest BCUT2D eigenvalue weighted by Crippen LogP contribution is -2.66. The van der Waals surface area contributed by atoms with E-state index in [1.807, 2.05) is 6.08 Å². The number of unbranched alkanes of at least 4 members (excludes halogenated alkanes) is 22. The molecule has 3 heterocycles. The summed E-state index contributed by atoms with van der Waals surface area (Å²) < 4.78 is 34.2. The molecule has 0 aromatic carbocycles. The molecule has 0 spiro atoms. The third-order valence-corrected chi connectivity index (χ3v) is 15.1. The smallest absolute Gasteiger partial charge is 0.220 e. The highest BCUT2D eigenvalue weighted by atomic mass is 16.8. The molecule has 0 aliphatic carbocycles. The lowest BCUT2D eigenvalue weighted by Gasteiger charge is -2.48. The van der Waals surface area contributed by atoms with Crippen molar-refractivity contribution in [1.82, 2.24) is 5.32 Å². The Bertz CT molecular complexity index is 1630. The number of hydrogen-bond donors (Lipinski definition) is 12. The van der Waals surface area contributed by atoms with Crippen LogP contribution in [0.4, 0.5) is 0 Å². The summed E-state index contributed by atoms with van der Waals surface area (Å²) in [5.41, 5.74) is 0. The van der Waals surface area contributed by atoms with Crippen LogP contribution in [-0.2, 0) is 33.2 Å². The van der Waals surface area contributed by atoms with Gasteiger partial charge in [0.05, 0.1) is 38.6 Å². The highest BCUT2D eigenvalue weighted by molar-refractivity contribution is 5.76. The molecule has 0 aromatic rings. The lowest BCUT2D eigenvalue weighted by atomic mass is 9.96. The molecule has 0 aromatic heterocycles. The summed E-state index contributed by atoms with van der Waals surface area (Å²) in [5.74, 6) is -0.302. The maximum atomic E-state index is 13.3. The highest BCUT2D eigenvalue weighted by Crippen LogP contribution is 2.33. The Kier molecular flexibility index (Phi) is 39.0. The summed E-state index contributed by atoms with van der Waals surface area (Å²) >= 11 is 0. The van der Waals surface area contributed by atoms with Crippen molar-refractivity contribution in [3.8, 4) is 0 Å². The maximum absolute atomic E-state index is 13.3. The van der Waals surface area contributed by atoms with E-state index in [9.17, 15) is 61.0 Å². The second kappa shape index (κ2) is 43.4. The SMILES string of the molecule is CCC/C=C\C/C=C\CCCCCCCC(=O)NC(COC1OC(CO)C(OC2OC(CO)C(OC3OC(CO)C(O)C(O)C3O)C(O)C2O)C(O)C1O)C(O)/C=C/CC/C=C/CCCCCCCCCCCCCCCCC. The summed E-state index contributed by atoms with van der Waals surface area (Å²) in [6, 6.07) is -0.997. The van der Waals surface area contributed by atoms with Gasteiger partial charge in [0.25, 0.3) is 0 Å². The number of carbonyl (C=O) groups excluding carboxylic acids is 1. The number of amides is 1. The molecular formula is C60H107NO18. The Morgan fingerprint density at radius 1 is 0.456 bits per heavy atom. The van der Waals surface area contributed by atoms with E-state index >= 15 is 0 Å². The van der Waals surface area contributed by atoms with Crippen LogP contribution >= 0.6 is 0 Å². The van der Waals surface area contributed by atoms with Crippen LogP contribution in [0.3, 0.4) is 0 Å². The van der Waals surface area contributed by atoms with Gasteiger partial charge >= 0.3 is 0 Å². The second-order valence-corrected chi connectivity index (χ2v) is 21.8. The Hall–Kier alpha value is -2.25. The van der Waals surface area contributed by atoms with Gasteiger partial charge in [-0.25, -0.2) is 0 Å². The van der Waals surface area contributed by atoms with Gasteiger partial charge < -0.3 is 89.9 Å². The summed E-state index contributed by atoms with van der Waals surface area (Å²) in [4.78, 5) is 13.3. The fourth-order valence-corrected chi connectivity index (χ4v) is 10.1. The molecule has 1 amide bonds. The molecule has 0 radical (unpaired) electrons. The van der Waals surface area contributed by atoms with Gasteiger partial charge in [-0.1, -0.05) is 178 Å². The number of allylic oxidation sites excluding steroid dienone is 7. The van der Waals surface area contributed by atoms with Crippen LogP contribution in [0, 0.1) is 0 Å². The fourth-order valence-electron chi connectivity index (χ4n) is 10.1. The van der Waals surface area contributed by atoms with Crippen molar-refractivity contribution in [2.75, 3.05) is 26.4 Å². The van der Waals surface area contributed by atoms with Crippen LogP contribution in [0.1, 0.15) is 194 Å². The normalized spacial score (nSPS) is 30.6. The van der Waals surface area contributed by atoms with Gasteiger partial charge in [-0.05, 0) is 57.8 Å². The van der Waals surface area contributed by atoms with E-state index < -0.39 is 124 Å². The van der Waals surface area contributed by atoms with E-state index in [0.717, 1.165) is 70.6 Å². The summed E-state index contributed by atoms with van der Waals surface area (Å²) in [5, 5.41) is 120. The molecule has 0 saturated carbocycles. The van der Waals surface area contributed by atoms with Crippen LogP contribution in [0.5, 0.6) is 0 Å². The maximum Gasteiger partial charge on any atom is 0.220 e. The van der Waals surface area contributed by atoms with Crippen molar-refractivity contribution in [3.63, 3.8) is 0 Å². The Morgan fingerprint density at radius 2 is 0.873 bits per heavy atom. The molecule has 460 valence electrons.